The molecular formula is C14H28N2O. The van der Waals surface area contributed by atoms with E-state index in [0.717, 1.165) is 32.4 Å². The number of rotatable bonds is 3. The van der Waals surface area contributed by atoms with E-state index >= 15 is 0 Å². The van der Waals surface area contributed by atoms with Gasteiger partial charge in [0.2, 0.25) is 0 Å². The summed E-state index contributed by atoms with van der Waals surface area (Å²) in [4.78, 5) is 2.67. The van der Waals surface area contributed by atoms with E-state index in [4.69, 9.17) is 10.5 Å². The van der Waals surface area contributed by atoms with Gasteiger partial charge in [-0.15, -0.1) is 0 Å². The lowest BCUT2D eigenvalue weighted by Crippen LogP contribution is -2.61. The zero-order valence-corrected chi connectivity index (χ0v) is 11.7. The second-order valence-corrected chi connectivity index (χ2v) is 6.19. The Balaban J connectivity index is 2.18. The highest BCUT2D eigenvalue weighted by molar-refractivity contribution is 5.03. The Kier molecular flexibility index (Phi) is 3.81. The molecular weight excluding hydrogens is 212 g/mol. The molecule has 3 atom stereocenters. The van der Waals surface area contributed by atoms with Gasteiger partial charge in [-0.05, 0) is 52.5 Å². The first kappa shape index (κ1) is 13.3. The van der Waals surface area contributed by atoms with Crippen LogP contribution in [-0.4, -0.2) is 41.8 Å². The van der Waals surface area contributed by atoms with Crippen LogP contribution in [0, 0.1) is 0 Å². The fourth-order valence-corrected chi connectivity index (χ4v) is 3.72. The summed E-state index contributed by atoms with van der Waals surface area (Å²) in [6.07, 6.45) is 5.93. The fraction of sp³-hybridized carbons (Fsp3) is 1.00. The SMILES string of the molecule is CCC1(C)CC(CN)(N2CCCC2C)CCO1. The zero-order valence-electron chi connectivity index (χ0n) is 11.7. The third kappa shape index (κ3) is 2.38. The van der Waals surface area contributed by atoms with Crippen molar-refractivity contribution in [2.24, 2.45) is 5.73 Å². The summed E-state index contributed by atoms with van der Waals surface area (Å²) in [7, 11) is 0. The minimum Gasteiger partial charge on any atom is -0.375 e. The van der Waals surface area contributed by atoms with Crippen molar-refractivity contribution in [3.63, 3.8) is 0 Å². The lowest BCUT2D eigenvalue weighted by Gasteiger charge is -2.51. The Morgan fingerprint density at radius 3 is 2.76 bits per heavy atom. The molecule has 0 aromatic heterocycles. The molecule has 3 nitrogen and oxygen atoms in total. The minimum atomic E-state index is 0.0277. The summed E-state index contributed by atoms with van der Waals surface area (Å²) in [6.45, 7) is 9.68. The third-order valence-electron chi connectivity index (χ3n) is 5.01. The molecule has 2 N–H and O–H groups in total. The molecule has 0 bridgehead atoms. The molecule has 0 aliphatic carbocycles. The van der Waals surface area contributed by atoms with Gasteiger partial charge in [0.05, 0.1) is 5.60 Å². The van der Waals surface area contributed by atoms with Crippen molar-refractivity contribution in [2.75, 3.05) is 19.7 Å². The van der Waals surface area contributed by atoms with Crippen LogP contribution < -0.4 is 5.73 Å². The number of likely N-dealkylation sites (tertiary alicyclic amines) is 1. The van der Waals surface area contributed by atoms with Gasteiger partial charge < -0.3 is 10.5 Å². The van der Waals surface area contributed by atoms with Crippen molar-refractivity contribution in [1.29, 1.82) is 0 Å². The normalized spacial score (nSPS) is 44.1. The smallest absolute Gasteiger partial charge is 0.0670 e. The van der Waals surface area contributed by atoms with Crippen LogP contribution >= 0.6 is 0 Å². The first-order chi connectivity index (χ1) is 8.05. The van der Waals surface area contributed by atoms with Crippen molar-refractivity contribution in [2.45, 2.75) is 70.1 Å². The van der Waals surface area contributed by atoms with Gasteiger partial charge in [0.25, 0.3) is 0 Å². The molecule has 3 heteroatoms. The Morgan fingerprint density at radius 2 is 2.24 bits per heavy atom. The van der Waals surface area contributed by atoms with Crippen molar-refractivity contribution >= 4 is 0 Å². The Morgan fingerprint density at radius 1 is 1.47 bits per heavy atom. The molecule has 2 aliphatic rings. The summed E-state index contributed by atoms with van der Waals surface area (Å²) in [5, 5.41) is 0. The largest absolute Gasteiger partial charge is 0.375 e. The molecule has 2 rings (SSSR count). The molecule has 0 aromatic carbocycles. The van der Waals surface area contributed by atoms with Crippen molar-refractivity contribution in [3.8, 4) is 0 Å². The highest BCUT2D eigenvalue weighted by Gasteiger charge is 2.47. The summed E-state index contributed by atoms with van der Waals surface area (Å²) in [5.41, 5.74) is 6.38. The van der Waals surface area contributed by atoms with Crippen molar-refractivity contribution in [3.05, 3.63) is 0 Å². The quantitative estimate of drug-likeness (QED) is 0.821. The molecule has 0 spiro atoms. The summed E-state index contributed by atoms with van der Waals surface area (Å²) < 4.78 is 5.98. The van der Waals surface area contributed by atoms with Gasteiger partial charge in [0, 0.05) is 24.7 Å². The van der Waals surface area contributed by atoms with Gasteiger partial charge >= 0.3 is 0 Å². The van der Waals surface area contributed by atoms with Gasteiger partial charge in [-0.2, -0.15) is 0 Å². The average Bonchev–Trinajstić information content (AvgIpc) is 2.76. The van der Waals surface area contributed by atoms with Crippen LogP contribution in [0.5, 0.6) is 0 Å². The third-order valence-corrected chi connectivity index (χ3v) is 5.01. The molecule has 2 fully saturated rings. The van der Waals surface area contributed by atoms with Crippen molar-refractivity contribution in [1.82, 2.24) is 4.90 Å². The van der Waals surface area contributed by atoms with E-state index in [9.17, 15) is 0 Å². The molecule has 2 heterocycles. The van der Waals surface area contributed by atoms with E-state index < -0.39 is 0 Å². The zero-order chi connectivity index (χ0) is 12.5. The summed E-state index contributed by atoms with van der Waals surface area (Å²) >= 11 is 0. The maximum Gasteiger partial charge on any atom is 0.0670 e. The molecule has 2 saturated heterocycles. The van der Waals surface area contributed by atoms with E-state index in [2.05, 4.69) is 25.7 Å². The minimum absolute atomic E-state index is 0.0277. The van der Waals surface area contributed by atoms with Gasteiger partial charge in [-0.25, -0.2) is 0 Å². The van der Waals surface area contributed by atoms with Crippen LogP contribution in [0.3, 0.4) is 0 Å². The highest BCUT2D eigenvalue weighted by atomic mass is 16.5. The predicted octanol–water partition coefficient (Wildman–Crippen LogP) is 2.15. The second kappa shape index (κ2) is 4.87. The molecule has 0 radical (unpaired) electrons. The Bertz CT molecular complexity index is 271. The summed E-state index contributed by atoms with van der Waals surface area (Å²) in [6, 6.07) is 0.692. The molecule has 3 unspecified atom stereocenters. The van der Waals surface area contributed by atoms with Gasteiger partial charge in [0.1, 0.15) is 0 Å². The van der Waals surface area contributed by atoms with Crippen LogP contribution in [0.1, 0.15) is 52.9 Å². The number of hydrogen-bond acceptors (Lipinski definition) is 3. The van der Waals surface area contributed by atoms with Crippen molar-refractivity contribution < 1.29 is 4.74 Å². The molecule has 0 aromatic rings. The molecule has 0 saturated carbocycles. The first-order valence-electron chi connectivity index (χ1n) is 7.16. The lowest BCUT2D eigenvalue weighted by molar-refractivity contribution is -0.130. The molecule has 0 amide bonds. The van der Waals surface area contributed by atoms with Crippen LogP contribution in [0.25, 0.3) is 0 Å². The number of nitrogens with two attached hydrogens (primary N) is 1. The molecule has 2 aliphatic heterocycles. The number of hydrogen-bond donors (Lipinski definition) is 1. The van der Waals surface area contributed by atoms with Gasteiger partial charge in [-0.1, -0.05) is 6.92 Å². The topological polar surface area (TPSA) is 38.5 Å². The monoisotopic (exact) mass is 240 g/mol. The van der Waals surface area contributed by atoms with Crippen LogP contribution in [0.2, 0.25) is 0 Å². The maximum absolute atomic E-state index is 6.16. The van der Waals surface area contributed by atoms with E-state index in [1.165, 1.54) is 19.4 Å². The van der Waals surface area contributed by atoms with Crippen LogP contribution in [-0.2, 0) is 4.74 Å². The number of ether oxygens (including phenoxy) is 1. The van der Waals surface area contributed by atoms with E-state index in [1.807, 2.05) is 0 Å². The Hall–Kier alpha value is -0.120. The standard InChI is InChI=1S/C14H28N2O/c1-4-13(3)10-14(11-15,7-9-17-13)16-8-5-6-12(16)2/h12H,4-11,15H2,1-3H3. The van der Waals surface area contributed by atoms with Crippen LogP contribution in [0.4, 0.5) is 0 Å². The Labute approximate surface area is 106 Å². The second-order valence-electron chi connectivity index (χ2n) is 6.19. The summed E-state index contributed by atoms with van der Waals surface area (Å²) in [5.74, 6) is 0. The molecule has 100 valence electrons. The van der Waals surface area contributed by atoms with E-state index in [1.54, 1.807) is 0 Å². The van der Waals surface area contributed by atoms with Gasteiger partial charge in [-0.3, -0.25) is 4.90 Å². The fourth-order valence-electron chi connectivity index (χ4n) is 3.72. The predicted molar refractivity (Wildman–Crippen MR) is 71.1 cm³/mol. The first-order valence-corrected chi connectivity index (χ1v) is 7.16. The average molecular weight is 240 g/mol. The lowest BCUT2D eigenvalue weighted by atomic mass is 9.77. The van der Waals surface area contributed by atoms with E-state index in [-0.39, 0.29) is 11.1 Å². The molecule has 17 heavy (non-hydrogen) atoms. The highest BCUT2D eigenvalue weighted by Crippen LogP contribution is 2.40. The van der Waals surface area contributed by atoms with Crippen LogP contribution in [0.15, 0.2) is 0 Å². The van der Waals surface area contributed by atoms with E-state index in [0.29, 0.717) is 6.04 Å². The number of nitrogens with zero attached hydrogens (tertiary/aromatic N) is 1. The van der Waals surface area contributed by atoms with Gasteiger partial charge in [0.15, 0.2) is 0 Å². The maximum atomic E-state index is 6.16.